The van der Waals surface area contributed by atoms with Crippen LogP contribution in [0.4, 0.5) is 4.39 Å². The van der Waals surface area contributed by atoms with E-state index in [1.165, 1.54) is 30.0 Å². The lowest BCUT2D eigenvalue weighted by Gasteiger charge is -2.08. The summed E-state index contributed by atoms with van der Waals surface area (Å²) in [5.41, 5.74) is 6.96. The third-order valence-corrected chi connectivity index (χ3v) is 2.97. The van der Waals surface area contributed by atoms with Gasteiger partial charge in [0.15, 0.2) is 0 Å². The van der Waals surface area contributed by atoms with Crippen molar-refractivity contribution >= 4 is 0 Å². The van der Waals surface area contributed by atoms with E-state index in [4.69, 9.17) is 10.5 Å². The van der Waals surface area contributed by atoms with E-state index >= 15 is 0 Å². The number of aromatic nitrogens is 2. The van der Waals surface area contributed by atoms with E-state index in [0.29, 0.717) is 35.5 Å². The fourth-order valence-corrected chi connectivity index (χ4v) is 2.07. The topological polar surface area (TPSA) is 73.0 Å². The number of hydrogen-bond acceptors (Lipinski definition) is 3. The molecule has 0 radical (unpaired) electrons. The first-order chi connectivity index (χ1) is 9.08. The van der Waals surface area contributed by atoms with Crippen molar-refractivity contribution in [2.45, 2.75) is 6.42 Å². The van der Waals surface area contributed by atoms with Crippen molar-refractivity contribution in [3.05, 3.63) is 39.9 Å². The Morgan fingerprint density at radius 3 is 2.84 bits per heavy atom. The van der Waals surface area contributed by atoms with E-state index in [0.717, 1.165) is 0 Å². The first-order valence-electron chi connectivity index (χ1n) is 5.90. The van der Waals surface area contributed by atoms with Crippen molar-refractivity contribution in [3.63, 3.8) is 0 Å². The largest absolute Gasteiger partial charge is 0.496 e. The maximum Gasteiger partial charge on any atom is 0.270 e. The fraction of sp³-hybridized carbons (Fsp3) is 0.308. The number of nitrogens with one attached hydrogen (secondary N) is 1. The highest BCUT2D eigenvalue weighted by Gasteiger charge is 2.17. The van der Waals surface area contributed by atoms with Crippen molar-refractivity contribution in [2.75, 3.05) is 13.7 Å². The molecule has 1 aromatic heterocycles. The number of ether oxygens (including phenoxy) is 1. The number of rotatable bonds is 4. The first kappa shape index (κ1) is 13.4. The molecule has 0 fully saturated rings. The standard InChI is InChI=1S/C13H16FN3O2/c1-17-13(18)9(5-6-15)12(16-17)10-7-8(14)3-4-11(10)19-2/h3-4,7,16H,5-6,15H2,1-2H3. The summed E-state index contributed by atoms with van der Waals surface area (Å²) in [4.78, 5) is 12.0. The van der Waals surface area contributed by atoms with E-state index in [9.17, 15) is 9.18 Å². The van der Waals surface area contributed by atoms with Gasteiger partial charge in [0.2, 0.25) is 0 Å². The molecule has 1 heterocycles. The quantitative estimate of drug-likeness (QED) is 0.867. The number of hydrogen-bond donors (Lipinski definition) is 2. The van der Waals surface area contributed by atoms with Gasteiger partial charge in [0.05, 0.1) is 12.8 Å². The van der Waals surface area contributed by atoms with Crippen LogP contribution in [0.15, 0.2) is 23.0 Å². The van der Waals surface area contributed by atoms with Crippen LogP contribution < -0.4 is 16.0 Å². The number of methoxy groups -OCH3 is 1. The Balaban J connectivity index is 2.67. The van der Waals surface area contributed by atoms with Crippen LogP contribution in [-0.4, -0.2) is 23.4 Å². The Morgan fingerprint density at radius 1 is 1.47 bits per heavy atom. The molecule has 1 aromatic carbocycles. The predicted molar refractivity (Wildman–Crippen MR) is 70.7 cm³/mol. The van der Waals surface area contributed by atoms with Crippen molar-refractivity contribution in [2.24, 2.45) is 12.8 Å². The summed E-state index contributed by atoms with van der Waals surface area (Å²) in [6.07, 6.45) is 0.422. The molecule has 0 aliphatic rings. The third-order valence-electron chi connectivity index (χ3n) is 2.97. The number of H-pyrrole nitrogens is 1. The van der Waals surface area contributed by atoms with Gasteiger partial charge in [0.1, 0.15) is 11.6 Å². The van der Waals surface area contributed by atoms with Gasteiger partial charge in [-0.05, 0) is 31.2 Å². The van der Waals surface area contributed by atoms with Crippen LogP contribution in [0.1, 0.15) is 5.56 Å². The van der Waals surface area contributed by atoms with Crippen molar-refractivity contribution in [1.82, 2.24) is 9.78 Å². The molecule has 19 heavy (non-hydrogen) atoms. The third kappa shape index (κ3) is 2.39. The summed E-state index contributed by atoms with van der Waals surface area (Å²) in [5, 5.41) is 2.92. The van der Waals surface area contributed by atoms with Crippen LogP contribution in [0.5, 0.6) is 5.75 Å². The molecule has 102 valence electrons. The van der Waals surface area contributed by atoms with Crippen LogP contribution >= 0.6 is 0 Å². The first-order valence-corrected chi connectivity index (χ1v) is 5.90. The Hall–Kier alpha value is -2.08. The maximum absolute atomic E-state index is 13.4. The van der Waals surface area contributed by atoms with Gasteiger partial charge in [-0.3, -0.25) is 14.6 Å². The lowest BCUT2D eigenvalue weighted by Crippen LogP contribution is -2.17. The second-order valence-corrected chi connectivity index (χ2v) is 4.21. The summed E-state index contributed by atoms with van der Waals surface area (Å²) in [6, 6.07) is 4.18. The van der Waals surface area contributed by atoms with Crippen LogP contribution in [0.25, 0.3) is 11.3 Å². The van der Waals surface area contributed by atoms with Crippen molar-refractivity contribution in [1.29, 1.82) is 0 Å². The zero-order valence-electron chi connectivity index (χ0n) is 10.9. The Bertz CT molecular complexity index is 646. The second-order valence-electron chi connectivity index (χ2n) is 4.21. The number of nitrogens with two attached hydrogens (primary N) is 1. The van der Waals surface area contributed by atoms with E-state index < -0.39 is 0 Å². The second kappa shape index (κ2) is 5.27. The number of aryl methyl sites for hydroxylation is 1. The average Bonchev–Trinajstić information content (AvgIpc) is 2.67. The number of benzene rings is 1. The molecule has 2 rings (SSSR count). The minimum atomic E-state index is -0.390. The summed E-state index contributed by atoms with van der Waals surface area (Å²) in [7, 11) is 3.11. The van der Waals surface area contributed by atoms with Crippen LogP contribution in [0, 0.1) is 5.82 Å². The molecule has 5 nitrogen and oxygen atoms in total. The van der Waals surface area contributed by atoms with Gasteiger partial charge in [-0.1, -0.05) is 0 Å². The molecular weight excluding hydrogens is 249 g/mol. The minimum Gasteiger partial charge on any atom is -0.496 e. The lowest BCUT2D eigenvalue weighted by atomic mass is 10.0. The van der Waals surface area contributed by atoms with E-state index in [1.54, 1.807) is 7.05 Å². The Labute approximate surface area is 109 Å². The highest BCUT2D eigenvalue weighted by Crippen LogP contribution is 2.30. The molecule has 0 bridgehead atoms. The Morgan fingerprint density at radius 2 is 2.21 bits per heavy atom. The van der Waals surface area contributed by atoms with Crippen molar-refractivity contribution < 1.29 is 9.13 Å². The lowest BCUT2D eigenvalue weighted by molar-refractivity contribution is 0.415. The van der Waals surface area contributed by atoms with Gasteiger partial charge < -0.3 is 10.5 Å². The molecule has 0 saturated heterocycles. The fourth-order valence-electron chi connectivity index (χ4n) is 2.07. The molecule has 6 heteroatoms. The minimum absolute atomic E-state index is 0.160. The summed E-state index contributed by atoms with van der Waals surface area (Å²) < 4.78 is 20.0. The summed E-state index contributed by atoms with van der Waals surface area (Å²) in [6.45, 7) is 0.345. The van der Waals surface area contributed by atoms with E-state index in [2.05, 4.69) is 5.10 Å². The van der Waals surface area contributed by atoms with Gasteiger partial charge in [-0.2, -0.15) is 0 Å². The molecule has 0 aliphatic carbocycles. The van der Waals surface area contributed by atoms with E-state index in [1.807, 2.05) is 0 Å². The molecular formula is C13H16FN3O2. The SMILES string of the molecule is COc1ccc(F)cc1-c1[nH]n(C)c(=O)c1CCN. The molecule has 0 unspecified atom stereocenters. The molecule has 0 saturated carbocycles. The van der Waals surface area contributed by atoms with Gasteiger partial charge in [0.25, 0.3) is 5.56 Å². The normalized spacial score (nSPS) is 10.7. The average molecular weight is 265 g/mol. The molecule has 0 aliphatic heterocycles. The Kier molecular flexibility index (Phi) is 3.71. The smallest absolute Gasteiger partial charge is 0.270 e. The highest BCUT2D eigenvalue weighted by molar-refractivity contribution is 5.69. The van der Waals surface area contributed by atoms with Gasteiger partial charge in [-0.15, -0.1) is 0 Å². The zero-order chi connectivity index (χ0) is 14.0. The highest BCUT2D eigenvalue weighted by atomic mass is 19.1. The molecule has 0 spiro atoms. The summed E-state index contributed by atoms with van der Waals surface area (Å²) in [5.74, 6) is 0.112. The van der Waals surface area contributed by atoms with E-state index in [-0.39, 0.29) is 11.4 Å². The van der Waals surface area contributed by atoms with Gasteiger partial charge in [-0.25, -0.2) is 4.39 Å². The molecule has 0 atom stereocenters. The van der Waals surface area contributed by atoms with Crippen LogP contribution in [0.3, 0.4) is 0 Å². The number of nitrogens with zero attached hydrogens (tertiary/aromatic N) is 1. The summed E-state index contributed by atoms with van der Waals surface area (Å²) >= 11 is 0. The zero-order valence-corrected chi connectivity index (χ0v) is 10.9. The van der Waals surface area contributed by atoms with Gasteiger partial charge in [0, 0.05) is 18.2 Å². The number of aromatic amines is 1. The predicted octanol–water partition coefficient (Wildman–Crippen LogP) is 1.03. The van der Waals surface area contributed by atoms with Crippen LogP contribution in [0.2, 0.25) is 0 Å². The number of halogens is 1. The maximum atomic E-state index is 13.4. The molecule has 0 amide bonds. The van der Waals surface area contributed by atoms with Gasteiger partial charge >= 0.3 is 0 Å². The molecule has 2 aromatic rings. The van der Waals surface area contributed by atoms with Crippen molar-refractivity contribution in [3.8, 4) is 17.0 Å². The monoisotopic (exact) mass is 265 g/mol. The molecule has 3 N–H and O–H groups in total. The van der Waals surface area contributed by atoms with Crippen LogP contribution in [-0.2, 0) is 13.5 Å².